The normalized spacial score (nSPS) is 20.1. The number of likely N-dealkylation sites (tertiary alicyclic amines) is 2. The Morgan fingerprint density at radius 3 is 2.33 bits per heavy atom. The van der Waals surface area contributed by atoms with Gasteiger partial charge in [0.2, 0.25) is 5.91 Å². The molecular formula is C29H34N2OS. The molecule has 0 saturated carbocycles. The number of amides is 1. The second-order valence-corrected chi connectivity index (χ2v) is 10.6. The van der Waals surface area contributed by atoms with Gasteiger partial charge < -0.3 is 4.90 Å². The fraction of sp³-hybridized carbons (Fsp3) is 0.414. The highest BCUT2D eigenvalue weighted by Crippen LogP contribution is 2.28. The lowest BCUT2D eigenvalue weighted by atomic mass is 9.89. The van der Waals surface area contributed by atoms with Crippen molar-refractivity contribution in [1.82, 2.24) is 9.80 Å². The highest BCUT2D eigenvalue weighted by Gasteiger charge is 2.33. The predicted octanol–water partition coefficient (Wildman–Crippen LogP) is 6.25. The lowest BCUT2D eigenvalue weighted by Gasteiger charge is -2.40. The third kappa shape index (κ3) is 5.56. The van der Waals surface area contributed by atoms with Gasteiger partial charge in [-0.1, -0.05) is 67.1 Å². The maximum atomic E-state index is 13.5. The minimum atomic E-state index is 0.0430. The summed E-state index contributed by atoms with van der Waals surface area (Å²) >= 11 is 1.78. The van der Waals surface area contributed by atoms with Gasteiger partial charge in [-0.05, 0) is 72.7 Å². The molecular weight excluding hydrogens is 424 g/mol. The molecule has 0 radical (unpaired) electrons. The van der Waals surface area contributed by atoms with E-state index in [1.807, 2.05) is 0 Å². The van der Waals surface area contributed by atoms with Crippen LogP contribution in [0.4, 0.5) is 0 Å². The summed E-state index contributed by atoms with van der Waals surface area (Å²) in [6.07, 6.45) is 6.73. The topological polar surface area (TPSA) is 23.6 Å². The fourth-order valence-electron chi connectivity index (χ4n) is 5.43. The minimum Gasteiger partial charge on any atom is -0.341 e. The summed E-state index contributed by atoms with van der Waals surface area (Å²) in [5.41, 5.74) is 4.00. The molecule has 0 N–H and O–H groups in total. The maximum Gasteiger partial charge on any atom is 0.239 e. The van der Waals surface area contributed by atoms with Crippen LogP contribution in [0.5, 0.6) is 0 Å². The summed E-state index contributed by atoms with van der Waals surface area (Å²) in [5.74, 6) is 1.06. The molecule has 1 atom stereocenters. The van der Waals surface area contributed by atoms with E-state index in [0.29, 0.717) is 11.8 Å². The summed E-state index contributed by atoms with van der Waals surface area (Å²) in [4.78, 5) is 19.4. The largest absolute Gasteiger partial charge is 0.341 e. The number of hydrogen-bond acceptors (Lipinski definition) is 3. The Hall–Kier alpha value is -2.43. The highest BCUT2D eigenvalue weighted by molar-refractivity contribution is 7.13. The van der Waals surface area contributed by atoms with E-state index in [0.717, 1.165) is 58.3 Å². The van der Waals surface area contributed by atoms with Gasteiger partial charge in [0.15, 0.2) is 0 Å². The van der Waals surface area contributed by atoms with Gasteiger partial charge in [0, 0.05) is 24.5 Å². The minimum absolute atomic E-state index is 0.0430. The van der Waals surface area contributed by atoms with E-state index in [1.165, 1.54) is 28.0 Å². The summed E-state index contributed by atoms with van der Waals surface area (Å²) in [5, 5.41) is 2.12. The van der Waals surface area contributed by atoms with Crippen molar-refractivity contribution >= 4 is 17.2 Å². The van der Waals surface area contributed by atoms with Gasteiger partial charge in [-0.15, -0.1) is 11.3 Å². The lowest BCUT2D eigenvalue weighted by molar-refractivity contribution is -0.140. The standard InChI is InChI=1S/C29H34N2OS/c32-29(30-18-15-24(16-19-30)21-23-7-2-1-3-8-23)27-9-4-5-17-31(27)22-25-11-13-26(14-12-25)28-10-6-20-33-28/h1-3,6-8,10-14,20,24,27H,4-5,9,15-19,21-22H2. The highest BCUT2D eigenvalue weighted by atomic mass is 32.1. The van der Waals surface area contributed by atoms with Crippen molar-refractivity contribution in [3.05, 3.63) is 83.2 Å². The van der Waals surface area contributed by atoms with Gasteiger partial charge in [0.1, 0.15) is 0 Å². The maximum absolute atomic E-state index is 13.5. The summed E-state index contributed by atoms with van der Waals surface area (Å²) < 4.78 is 0. The number of nitrogens with zero attached hydrogens (tertiary/aromatic N) is 2. The molecule has 1 amide bonds. The first-order chi connectivity index (χ1) is 16.3. The van der Waals surface area contributed by atoms with Crippen LogP contribution in [-0.2, 0) is 17.8 Å². The first-order valence-electron chi connectivity index (χ1n) is 12.5. The first-order valence-corrected chi connectivity index (χ1v) is 13.3. The van der Waals surface area contributed by atoms with Gasteiger partial charge in [-0.3, -0.25) is 9.69 Å². The molecule has 172 valence electrons. The number of piperidine rings is 2. The Morgan fingerprint density at radius 1 is 0.818 bits per heavy atom. The van der Waals surface area contributed by atoms with Crippen LogP contribution in [0, 0.1) is 5.92 Å². The molecule has 1 unspecified atom stereocenters. The zero-order valence-electron chi connectivity index (χ0n) is 19.4. The number of hydrogen-bond donors (Lipinski definition) is 0. The average molecular weight is 459 g/mol. The molecule has 5 rings (SSSR count). The quantitative estimate of drug-likeness (QED) is 0.436. The summed E-state index contributed by atoms with van der Waals surface area (Å²) in [6.45, 7) is 3.71. The van der Waals surface area contributed by atoms with Crippen molar-refractivity contribution in [3.63, 3.8) is 0 Å². The molecule has 3 heterocycles. The van der Waals surface area contributed by atoms with Gasteiger partial charge in [-0.25, -0.2) is 0 Å². The number of rotatable bonds is 6. The van der Waals surface area contributed by atoms with Gasteiger partial charge in [0.05, 0.1) is 6.04 Å². The second-order valence-electron chi connectivity index (χ2n) is 9.61. The number of carbonyl (C=O) groups excluding carboxylic acids is 1. The molecule has 0 spiro atoms. The van der Waals surface area contributed by atoms with Crippen LogP contribution in [0.25, 0.3) is 10.4 Å². The van der Waals surface area contributed by atoms with Crippen LogP contribution < -0.4 is 0 Å². The van der Waals surface area contributed by atoms with E-state index in [2.05, 4.69) is 81.9 Å². The molecule has 0 aliphatic carbocycles. The van der Waals surface area contributed by atoms with Crippen LogP contribution in [0.1, 0.15) is 43.2 Å². The summed E-state index contributed by atoms with van der Waals surface area (Å²) in [7, 11) is 0. The zero-order chi connectivity index (χ0) is 22.5. The average Bonchev–Trinajstić information content (AvgIpc) is 3.41. The second kappa shape index (κ2) is 10.7. The molecule has 2 fully saturated rings. The van der Waals surface area contributed by atoms with E-state index in [4.69, 9.17) is 0 Å². The molecule has 3 nitrogen and oxygen atoms in total. The Balaban J connectivity index is 1.18. The molecule has 2 saturated heterocycles. The van der Waals surface area contributed by atoms with Gasteiger partial charge >= 0.3 is 0 Å². The van der Waals surface area contributed by atoms with E-state index >= 15 is 0 Å². The van der Waals surface area contributed by atoms with Gasteiger partial charge in [-0.2, -0.15) is 0 Å². The Kier molecular flexibility index (Phi) is 7.23. The molecule has 0 bridgehead atoms. The first kappa shape index (κ1) is 22.4. The van der Waals surface area contributed by atoms with E-state index in [9.17, 15) is 4.79 Å². The Labute approximate surface area is 202 Å². The Bertz CT molecular complexity index is 1010. The molecule has 2 aromatic carbocycles. The monoisotopic (exact) mass is 458 g/mol. The lowest BCUT2D eigenvalue weighted by Crippen LogP contribution is -2.52. The van der Waals surface area contributed by atoms with E-state index in [-0.39, 0.29) is 6.04 Å². The van der Waals surface area contributed by atoms with Crippen molar-refractivity contribution in [3.8, 4) is 10.4 Å². The molecule has 33 heavy (non-hydrogen) atoms. The number of benzene rings is 2. The van der Waals surface area contributed by atoms with Crippen molar-refractivity contribution < 1.29 is 4.79 Å². The van der Waals surface area contributed by atoms with E-state index in [1.54, 1.807) is 11.3 Å². The van der Waals surface area contributed by atoms with Crippen molar-refractivity contribution in [2.75, 3.05) is 19.6 Å². The number of thiophene rings is 1. The molecule has 2 aliphatic rings. The zero-order valence-corrected chi connectivity index (χ0v) is 20.2. The SMILES string of the molecule is O=C(C1CCCCN1Cc1ccc(-c2cccs2)cc1)N1CCC(Cc2ccccc2)CC1. The smallest absolute Gasteiger partial charge is 0.239 e. The van der Waals surface area contributed by atoms with Crippen LogP contribution in [0.15, 0.2) is 72.1 Å². The third-order valence-corrected chi connectivity index (χ3v) is 8.26. The van der Waals surface area contributed by atoms with Crippen LogP contribution in [-0.4, -0.2) is 41.4 Å². The summed E-state index contributed by atoms with van der Waals surface area (Å²) in [6, 6.07) is 24.0. The van der Waals surface area contributed by atoms with Crippen LogP contribution in [0.3, 0.4) is 0 Å². The van der Waals surface area contributed by atoms with E-state index < -0.39 is 0 Å². The van der Waals surface area contributed by atoms with Crippen molar-refractivity contribution in [2.24, 2.45) is 5.92 Å². The molecule has 4 heteroatoms. The van der Waals surface area contributed by atoms with Crippen LogP contribution >= 0.6 is 11.3 Å². The fourth-order valence-corrected chi connectivity index (χ4v) is 6.16. The Morgan fingerprint density at radius 2 is 1.61 bits per heavy atom. The van der Waals surface area contributed by atoms with Crippen molar-refractivity contribution in [2.45, 2.75) is 51.1 Å². The van der Waals surface area contributed by atoms with Crippen molar-refractivity contribution in [1.29, 1.82) is 0 Å². The molecule has 3 aromatic rings. The van der Waals surface area contributed by atoms with Gasteiger partial charge in [0.25, 0.3) is 0 Å². The molecule has 2 aliphatic heterocycles. The molecule has 1 aromatic heterocycles. The van der Waals surface area contributed by atoms with Crippen LogP contribution in [0.2, 0.25) is 0 Å². The third-order valence-electron chi connectivity index (χ3n) is 7.34. The number of carbonyl (C=O) groups is 1. The predicted molar refractivity (Wildman–Crippen MR) is 137 cm³/mol.